The molecule has 97 heavy (non-hydrogen) atoms. The van der Waals surface area contributed by atoms with Gasteiger partial charge in [0.2, 0.25) is 76.8 Å². The molecule has 35 nitrogen and oxygen atoms in total. The van der Waals surface area contributed by atoms with Crippen molar-refractivity contribution in [1.29, 1.82) is 5.41 Å². The molecule has 2 aliphatic rings. The molecule has 22 N–H and O–H groups in total. The summed E-state index contributed by atoms with van der Waals surface area (Å²) in [7, 11) is 0. The van der Waals surface area contributed by atoms with Gasteiger partial charge in [-0.05, 0) is 113 Å². The van der Waals surface area contributed by atoms with Gasteiger partial charge in [-0.15, -0.1) is 0 Å². The minimum Gasteiger partial charge on any atom is -0.508 e. The standard InChI is InChI=1S/C62H102N18O17/c1-8-35(6)51(58(93)70-32-49(87)80-25-13-17-44(80)61(96)97)77-57(92)43-16-12-24-79(43)48(86)31-71-59(94)52(36(7)81)78-56(91)41(26-33(2)3)73-46(84)29-68-53(88)39(15-11-23-67-62(65)66)74-60(95)50(34(4)5)76-47(85)30-69-54(89)42(27-37-18-20-38(82)21-19-37)75-55(90)40(14-9-10-22-63)72-45(83)28-64/h18-21,33-36,39-44,50-52,81-82H,8-17,22-32,63-64H2,1-7H3,(H,68,88)(H,69,89)(H,70,93)(H,71,94)(H,72,83)(H,73,84)(H,74,95)(H,75,90)(H,76,85)(H,77,92)(H,78,91)(H,96,97)(H4,65,66,67)/t35-,36+,39-,40-,41-,42-,43-,44-,50-,51-,52-/m0/s1. The SMILES string of the molecule is CC[C@H](C)[C@H](NC(=O)[C@@H]1CCCN1C(=O)CNC(=O)[C@@H](NC(=O)[C@H](CC(C)C)NC(=O)CNC(=O)[C@H](CCCNC(=N)N)NC(=O)[C@@H](NC(=O)CNC(=O)[C@H](Cc1ccc(O)cc1)NC(=O)[C@H](CCCCN)NC(=O)CN)C(C)C)[C@@H](C)O)C(=O)NCC(=O)N1CCC[C@H]1C(=O)O. The molecule has 0 aliphatic carbocycles. The molecular weight excluding hydrogens is 1270 g/mol. The fourth-order valence-electron chi connectivity index (χ4n) is 10.7. The Kier molecular flexibility index (Phi) is 35.2. The van der Waals surface area contributed by atoms with E-state index in [4.69, 9.17) is 22.6 Å². The third-order valence-corrected chi connectivity index (χ3v) is 16.3. The molecule has 0 radical (unpaired) electrons. The monoisotopic (exact) mass is 1370 g/mol. The third-order valence-electron chi connectivity index (χ3n) is 16.3. The van der Waals surface area contributed by atoms with E-state index < -0.39 is 188 Å². The summed E-state index contributed by atoms with van der Waals surface area (Å²) in [6.07, 6.45) is 1.27. The van der Waals surface area contributed by atoms with E-state index in [1.807, 2.05) is 0 Å². The third kappa shape index (κ3) is 28.2. The van der Waals surface area contributed by atoms with Gasteiger partial charge in [-0.25, -0.2) is 4.79 Å². The molecule has 2 heterocycles. The summed E-state index contributed by atoms with van der Waals surface area (Å²) in [4.78, 5) is 190. The van der Waals surface area contributed by atoms with Gasteiger partial charge in [-0.2, -0.15) is 0 Å². The summed E-state index contributed by atoms with van der Waals surface area (Å²) >= 11 is 0. The maximum Gasteiger partial charge on any atom is 0.326 e. The highest BCUT2D eigenvalue weighted by Gasteiger charge is 2.40. The number of carbonyl (C=O) groups is 14. The van der Waals surface area contributed by atoms with Crippen LogP contribution in [0.5, 0.6) is 5.75 Å². The van der Waals surface area contributed by atoms with Crippen LogP contribution < -0.4 is 81.0 Å². The molecule has 0 saturated carbocycles. The lowest BCUT2D eigenvalue weighted by atomic mass is 9.97. The average Bonchev–Trinajstić information content (AvgIpc) is 1.77. The number of guanidine groups is 1. The zero-order valence-corrected chi connectivity index (χ0v) is 56.3. The summed E-state index contributed by atoms with van der Waals surface area (Å²) in [6.45, 7) is 9.00. The van der Waals surface area contributed by atoms with Crippen LogP contribution in [0.1, 0.15) is 125 Å². The Morgan fingerprint density at radius 1 is 0.557 bits per heavy atom. The molecule has 2 aliphatic heterocycles. The van der Waals surface area contributed by atoms with Gasteiger partial charge >= 0.3 is 5.97 Å². The molecule has 542 valence electrons. The van der Waals surface area contributed by atoms with Crippen molar-refractivity contribution in [2.45, 2.75) is 186 Å². The molecular formula is C62H102N18O17. The van der Waals surface area contributed by atoms with E-state index in [0.29, 0.717) is 44.2 Å². The van der Waals surface area contributed by atoms with Crippen LogP contribution in [0.15, 0.2) is 24.3 Å². The molecule has 3 rings (SSSR count). The zero-order chi connectivity index (χ0) is 72.6. The fraction of sp³-hybridized carbons (Fsp3) is 0.661. The molecule has 35 heteroatoms. The Morgan fingerprint density at radius 3 is 1.60 bits per heavy atom. The Hall–Kier alpha value is -9.25. The number of nitrogens with one attached hydrogen (secondary N) is 13. The highest BCUT2D eigenvalue weighted by atomic mass is 16.4. The number of rotatable bonds is 41. The van der Waals surface area contributed by atoms with Crippen LogP contribution in [0, 0.1) is 23.2 Å². The number of carboxylic acid groups (broad SMARTS) is 1. The number of nitrogens with two attached hydrogens (primary N) is 3. The summed E-state index contributed by atoms with van der Waals surface area (Å²) in [6, 6.07) is -5.60. The van der Waals surface area contributed by atoms with Gasteiger partial charge < -0.3 is 106 Å². The number of benzene rings is 1. The number of hydrogen-bond donors (Lipinski definition) is 19. The van der Waals surface area contributed by atoms with E-state index in [1.165, 1.54) is 41.0 Å². The van der Waals surface area contributed by atoms with Crippen LogP contribution >= 0.6 is 0 Å². The summed E-state index contributed by atoms with van der Waals surface area (Å²) in [5, 5.41) is 67.9. The Bertz CT molecular complexity index is 2900. The number of nitrogens with zero attached hydrogens (tertiary/aromatic N) is 2. The lowest BCUT2D eigenvalue weighted by Gasteiger charge is -2.29. The quantitative estimate of drug-likeness (QED) is 0.0165. The first kappa shape index (κ1) is 82.0. The number of phenolic OH excluding ortho intramolecular Hbond substituents is 1. The van der Waals surface area contributed by atoms with E-state index in [9.17, 15) is 82.4 Å². The van der Waals surface area contributed by atoms with E-state index in [2.05, 4.69) is 63.8 Å². The topological polar surface area (TPSA) is 552 Å². The minimum atomic E-state index is -1.68. The first-order valence-corrected chi connectivity index (χ1v) is 32.8. The maximum atomic E-state index is 14.0. The highest BCUT2D eigenvalue weighted by molar-refractivity contribution is 5.99. The first-order chi connectivity index (χ1) is 45.8. The molecule has 11 atom stereocenters. The van der Waals surface area contributed by atoms with Crippen molar-refractivity contribution in [2.24, 2.45) is 35.0 Å². The predicted octanol–water partition coefficient (Wildman–Crippen LogP) is -5.66. The Morgan fingerprint density at radius 2 is 1.06 bits per heavy atom. The van der Waals surface area contributed by atoms with Crippen LogP contribution in [0.25, 0.3) is 0 Å². The Balaban J connectivity index is 1.67. The number of hydrogen-bond acceptors (Lipinski definition) is 19. The lowest BCUT2D eigenvalue weighted by Crippen LogP contribution is -2.59. The number of aliphatic hydroxyl groups excluding tert-OH is 1. The molecule has 0 spiro atoms. The second kappa shape index (κ2) is 41.7. The number of carboxylic acids is 1. The molecule has 2 fully saturated rings. The van der Waals surface area contributed by atoms with Crippen LogP contribution in [-0.2, 0) is 73.5 Å². The summed E-state index contributed by atoms with van der Waals surface area (Å²) in [5.41, 5.74) is 17.1. The van der Waals surface area contributed by atoms with Gasteiger partial charge in [0.25, 0.3) is 0 Å². The lowest BCUT2D eigenvalue weighted by molar-refractivity contribution is -0.148. The normalized spacial score (nSPS) is 17.0. The molecule has 1 aromatic carbocycles. The molecule has 1 aromatic rings. The van der Waals surface area contributed by atoms with E-state index >= 15 is 0 Å². The van der Waals surface area contributed by atoms with Crippen molar-refractivity contribution in [2.75, 3.05) is 58.9 Å². The number of likely N-dealkylation sites (tertiary alicyclic amines) is 2. The van der Waals surface area contributed by atoms with Crippen LogP contribution in [0.4, 0.5) is 0 Å². The summed E-state index contributed by atoms with van der Waals surface area (Å²) in [5.74, 6) is -13.2. The number of phenols is 1. The van der Waals surface area contributed by atoms with Crippen molar-refractivity contribution in [3.8, 4) is 5.75 Å². The highest BCUT2D eigenvalue weighted by Crippen LogP contribution is 2.21. The zero-order valence-electron chi connectivity index (χ0n) is 56.3. The van der Waals surface area contributed by atoms with Crippen LogP contribution in [0.3, 0.4) is 0 Å². The van der Waals surface area contributed by atoms with Gasteiger partial charge in [0.05, 0.1) is 38.8 Å². The number of unbranched alkanes of at least 4 members (excludes halogenated alkanes) is 1. The molecule has 2 saturated heterocycles. The summed E-state index contributed by atoms with van der Waals surface area (Å²) < 4.78 is 0. The fourth-order valence-corrected chi connectivity index (χ4v) is 10.7. The first-order valence-electron chi connectivity index (χ1n) is 32.8. The minimum absolute atomic E-state index is 0.0161. The van der Waals surface area contributed by atoms with Crippen LogP contribution in [-0.4, -0.2) is 233 Å². The largest absolute Gasteiger partial charge is 0.508 e. The maximum absolute atomic E-state index is 14.0. The molecule has 0 bridgehead atoms. The van der Waals surface area contributed by atoms with Gasteiger partial charge in [-0.1, -0.05) is 60.1 Å². The van der Waals surface area contributed by atoms with Crippen molar-refractivity contribution in [1.82, 2.24) is 73.6 Å². The van der Waals surface area contributed by atoms with Crippen LogP contribution in [0.2, 0.25) is 0 Å². The second-order valence-corrected chi connectivity index (χ2v) is 24.9. The molecule has 0 unspecified atom stereocenters. The van der Waals surface area contributed by atoms with Crippen molar-refractivity contribution in [3.05, 3.63) is 29.8 Å². The molecule has 13 amide bonds. The number of aliphatic carboxylic acids is 1. The number of aromatic hydroxyl groups is 1. The number of carbonyl (C=O) groups excluding carboxylic acids is 13. The smallest absolute Gasteiger partial charge is 0.326 e. The van der Waals surface area contributed by atoms with E-state index in [-0.39, 0.29) is 82.2 Å². The van der Waals surface area contributed by atoms with Gasteiger partial charge in [-0.3, -0.25) is 67.7 Å². The number of aliphatic hydroxyl groups is 1. The van der Waals surface area contributed by atoms with Crippen molar-refractivity contribution >= 4 is 88.7 Å². The van der Waals surface area contributed by atoms with Crippen molar-refractivity contribution in [3.63, 3.8) is 0 Å². The average molecular weight is 1370 g/mol. The van der Waals surface area contributed by atoms with E-state index in [1.54, 1.807) is 41.5 Å². The van der Waals surface area contributed by atoms with Gasteiger partial charge in [0.1, 0.15) is 60.1 Å². The van der Waals surface area contributed by atoms with Gasteiger partial charge in [0, 0.05) is 26.1 Å². The Labute approximate surface area is 563 Å². The van der Waals surface area contributed by atoms with Crippen molar-refractivity contribution < 1.29 is 82.4 Å². The van der Waals surface area contributed by atoms with E-state index in [0.717, 1.165) is 0 Å². The number of amides is 13. The molecule has 0 aromatic heterocycles. The second-order valence-electron chi connectivity index (χ2n) is 24.9. The predicted molar refractivity (Wildman–Crippen MR) is 351 cm³/mol. The van der Waals surface area contributed by atoms with Gasteiger partial charge in [0.15, 0.2) is 5.96 Å².